The number of aliphatic hydroxyl groups excluding tert-OH is 1. The van der Waals surface area contributed by atoms with Gasteiger partial charge in [0.2, 0.25) is 5.91 Å². The standard InChI is InChI=1S/C12H26N2O2/c1-8(2)10(13)11(16)14-9(6-7-15)12(3,4)5/h8-10,15H,6-7,13H2,1-5H3,(H,14,16)/t9?,10-/m0/s1. The molecule has 4 nitrogen and oxygen atoms in total. The van der Waals surface area contributed by atoms with Crippen molar-refractivity contribution in [2.24, 2.45) is 17.1 Å². The molecule has 0 fully saturated rings. The van der Waals surface area contributed by atoms with Crippen LogP contribution in [0.25, 0.3) is 0 Å². The summed E-state index contributed by atoms with van der Waals surface area (Å²) in [6, 6.07) is -0.529. The van der Waals surface area contributed by atoms with E-state index in [1.54, 1.807) is 0 Å². The first-order chi connectivity index (χ1) is 7.20. The molecule has 1 amide bonds. The monoisotopic (exact) mass is 230 g/mol. The predicted octanol–water partition coefficient (Wildman–Crippen LogP) is 0.883. The van der Waals surface area contributed by atoms with Gasteiger partial charge in [0.1, 0.15) is 0 Å². The molecule has 16 heavy (non-hydrogen) atoms. The maximum atomic E-state index is 11.8. The van der Waals surface area contributed by atoms with Gasteiger partial charge in [-0.25, -0.2) is 0 Å². The first kappa shape index (κ1) is 15.4. The minimum atomic E-state index is -0.483. The Morgan fingerprint density at radius 3 is 2.19 bits per heavy atom. The zero-order chi connectivity index (χ0) is 12.9. The van der Waals surface area contributed by atoms with Crippen LogP contribution in [-0.4, -0.2) is 29.7 Å². The molecule has 0 saturated heterocycles. The average molecular weight is 230 g/mol. The Labute approximate surface area is 98.6 Å². The molecule has 0 rings (SSSR count). The zero-order valence-corrected chi connectivity index (χ0v) is 11.1. The van der Waals surface area contributed by atoms with Crippen LogP contribution in [0.3, 0.4) is 0 Å². The summed E-state index contributed by atoms with van der Waals surface area (Å²) in [7, 11) is 0. The summed E-state index contributed by atoms with van der Waals surface area (Å²) < 4.78 is 0. The van der Waals surface area contributed by atoms with E-state index in [1.807, 2.05) is 34.6 Å². The summed E-state index contributed by atoms with van der Waals surface area (Å²) in [4.78, 5) is 11.8. The molecule has 0 spiro atoms. The summed E-state index contributed by atoms with van der Waals surface area (Å²) in [5, 5.41) is 11.9. The van der Waals surface area contributed by atoms with E-state index in [2.05, 4.69) is 5.32 Å². The molecule has 0 aromatic rings. The SMILES string of the molecule is CC(C)[C@H](N)C(=O)NC(CCO)C(C)(C)C. The number of nitrogens with one attached hydrogen (secondary N) is 1. The van der Waals surface area contributed by atoms with Crippen molar-refractivity contribution in [3.8, 4) is 0 Å². The minimum Gasteiger partial charge on any atom is -0.396 e. The average Bonchev–Trinajstić information content (AvgIpc) is 2.14. The topological polar surface area (TPSA) is 75.4 Å². The third kappa shape index (κ3) is 4.94. The normalized spacial score (nSPS) is 16.0. The van der Waals surface area contributed by atoms with Crippen LogP contribution in [0.4, 0.5) is 0 Å². The Bertz CT molecular complexity index is 222. The Hall–Kier alpha value is -0.610. The molecule has 0 heterocycles. The van der Waals surface area contributed by atoms with Gasteiger partial charge in [-0.2, -0.15) is 0 Å². The summed E-state index contributed by atoms with van der Waals surface area (Å²) in [5.41, 5.74) is 5.70. The molecule has 96 valence electrons. The first-order valence-electron chi connectivity index (χ1n) is 5.87. The molecule has 0 bridgehead atoms. The van der Waals surface area contributed by atoms with E-state index in [0.717, 1.165) is 0 Å². The Morgan fingerprint density at radius 1 is 1.38 bits per heavy atom. The lowest BCUT2D eigenvalue weighted by Gasteiger charge is -2.32. The highest BCUT2D eigenvalue weighted by Gasteiger charge is 2.28. The van der Waals surface area contributed by atoms with E-state index in [0.29, 0.717) is 6.42 Å². The van der Waals surface area contributed by atoms with Crippen LogP contribution in [0.1, 0.15) is 41.0 Å². The van der Waals surface area contributed by atoms with Crippen molar-refractivity contribution >= 4 is 5.91 Å². The fraction of sp³-hybridized carbons (Fsp3) is 0.917. The lowest BCUT2D eigenvalue weighted by atomic mass is 9.84. The quantitative estimate of drug-likeness (QED) is 0.656. The van der Waals surface area contributed by atoms with Crippen LogP contribution in [0.5, 0.6) is 0 Å². The summed E-state index contributed by atoms with van der Waals surface area (Å²) in [5.74, 6) is -0.0156. The van der Waals surface area contributed by atoms with E-state index in [9.17, 15) is 4.79 Å². The van der Waals surface area contributed by atoms with Crippen LogP contribution in [0.15, 0.2) is 0 Å². The summed E-state index contributed by atoms with van der Waals surface area (Å²) >= 11 is 0. The molecule has 4 N–H and O–H groups in total. The predicted molar refractivity (Wildman–Crippen MR) is 65.9 cm³/mol. The second-order valence-electron chi connectivity index (χ2n) is 5.71. The maximum absolute atomic E-state index is 11.8. The van der Waals surface area contributed by atoms with Gasteiger partial charge in [-0.05, 0) is 17.8 Å². The number of nitrogens with two attached hydrogens (primary N) is 1. The second kappa shape index (κ2) is 6.21. The van der Waals surface area contributed by atoms with Crippen molar-refractivity contribution in [2.75, 3.05) is 6.61 Å². The Morgan fingerprint density at radius 2 is 1.88 bits per heavy atom. The molecule has 0 aliphatic carbocycles. The van der Waals surface area contributed by atoms with Gasteiger partial charge in [-0.1, -0.05) is 34.6 Å². The molecule has 2 atom stereocenters. The third-order valence-corrected chi connectivity index (χ3v) is 2.80. The molecule has 0 aromatic carbocycles. The summed E-state index contributed by atoms with van der Waals surface area (Å²) in [6.45, 7) is 10.0. The minimum absolute atomic E-state index is 0.0465. The number of carbonyl (C=O) groups excluding carboxylic acids is 1. The fourth-order valence-corrected chi connectivity index (χ4v) is 1.42. The van der Waals surface area contributed by atoms with Crippen molar-refractivity contribution in [2.45, 2.75) is 53.1 Å². The van der Waals surface area contributed by atoms with Crippen molar-refractivity contribution in [1.82, 2.24) is 5.32 Å². The van der Waals surface area contributed by atoms with Gasteiger partial charge in [-0.3, -0.25) is 4.79 Å². The number of rotatable bonds is 5. The van der Waals surface area contributed by atoms with Gasteiger partial charge < -0.3 is 16.2 Å². The van der Waals surface area contributed by atoms with Crippen molar-refractivity contribution < 1.29 is 9.90 Å². The van der Waals surface area contributed by atoms with Crippen LogP contribution in [0.2, 0.25) is 0 Å². The van der Waals surface area contributed by atoms with E-state index >= 15 is 0 Å². The lowest BCUT2D eigenvalue weighted by molar-refractivity contribution is -0.124. The van der Waals surface area contributed by atoms with E-state index in [-0.39, 0.29) is 29.9 Å². The van der Waals surface area contributed by atoms with Gasteiger partial charge in [0.05, 0.1) is 6.04 Å². The molecule has 1 unspecified atom stereocenters. The molecule has 0 aliphatic rings. The van der Waals surface area contributed by atoms with Gasteiger partial charge in [0.25, 0.3) is 0 Å². The number of hydrogen-bond donors (Lipinski definition) is 3. The number of aliphatic hydroxyl groups is 1. The third-order valence-electron chi connectivity index (χ3n) is 2.80. The highest BCUT2D eigenvalue weighted by Crippen LogP contribution is 2.21. The first-order valence-corrected chi connectivity index (χ1v) is 5.87. The van der Waals surface area contributed by atoms with Crippen LogP contribution >= 0.6 is 0 Å². The van der Waals surface area contributed by atoms with Gasteiger partial charge >= 0.3 is 0 Å². The molecule has 0 aromatic heterocycles. The molecule has 4 heteroatoms. The van der Waals surface area contributed by atoms with Crippen molar-refractivity contribution in [3.63, 3.8) is 0 Å². The smallest absolute Gasteiger partial charge is 0.237 e. The van der Waals surface area contributed by atoms with Crippen LogP contribution in [0, 0.1) is 11.3 Å². The van der Waals surface area contributed by atoms with Crippen LogP contribution in [-0.2, 0) is 4.79 Å². The Kier molecular flexibility index (Phi) is 5.97. The Balaban J connectivity index is 4.46. The molecular weight excluding hydrogens is 204 g/mol. The van der Waals surface area contributed by atoms with Gasteiger partial charge in [-0.15, -0.1) is 0 Å². The summed E-state index contributed by atoms with van der Waals surface area (Å²) in [6.07, 6.45) is 0.556. The van der Waals surface area contributed by atoms with Crippen LogP contribution < -0.4 is 11.1 Å². The van der Waals surface area contributed by atoms with Gasteiger partial charge in [0, 0.05) is 12.6 Å². The van der Waals surface area contributed by atoms with E-state index in [1.165, 1.54) is 0 Å². The maximum Gasteiger partial charge on any atom is 0.237 e. The molecule has 0 aliphatic heterocycles. The largest absolute Gasteiger partial charge is 0.396 e. The molecule has 0 saturated carbocycles. The highest BCUT2D eigenvalue weighted by atomic mass is 16.3. The highest BCUT2D eigenvalue weighted by molar-refractivity contribution is 5.82. The fourth-order valence-electron chi connectivity index (χ4n) is 1.42. The number of carbonyl (C=O) groups is 1. The van der Waals surface area contributed by atoms with Crippen molar-refractivity contribution in [1.29, 1.82) is 0 Å². The number of hydrogen-bond acceptors (Lipinski definition) is 3. The molecular formula is C12H26N2O2. The lowest BCUT2D eigenvalue weighted by Crippen LogP contribution is -2.51. The van der Waals surface area contributed by atoms with Gasteiger partial charge in [0.15, 0.2) is 0 Å². The second-order valence-corrected chi connectivity index (χ2v) is 5.71. The molecule has 0 radical (unpaired) electrons. The van der Waals surface area contributed by atoms with E-state index < -0.39 is 6.04 Å². The van der Waals surface area contributed by atoms with Crippen molar-refractivity contribution in [3.05, 3.63) is 0 Å². The zero-order valence-electron chi connectivity index (χ0n) is 11.1. The number of amides is 1. The van der Waals surface area contributed by atoms with E-state index in [4.69, 9.17) is 10.8 Å².